The number of carbonyl (C=O) groups excluding carboxylic acids is 3. The molecule has 8 heteroatoms. The maximum Gasteiger partial charge on any atom is 0.255 e. The molecule has 2 N–H and O–H groups in total. The van der Waals surface area contributed by atoms with Crippen LogP contribution in [0.1, 0.15) is 35.2 Å². The molecular formula is C24H29N3O4S. The molecular weight excluding hydrogens is 426 g/mol. The average molecular weight is 456 g/mol. The second-order valence-electron chi connectivity index (χ2n) is 7.54. The van der Waals surface area contributed by atoms with Crippen LogP contribution in [0.3, 0.4) is 0 Å². The van der Waals surface area contributed by atoms with Gasteiger partial charge in [0.15, 0.2) is 0 Å². The molecule has 32 heavy (non-hydrogen) atoms. The zero-order valence-electron chi connectivity index (χ0n) is 18.4. The highest BCUT2D eigenvalue weighted by Gasteiger charge is 2.23. The van der Waals surface area contributed by atoms with E-state index in [1.165, 1.54) is 7.11 Å². The van der Waals surface area contributed by atoms with Crippen molar-refractivity contribution >= 4 is 35.2 Å². The van der Waals surface area contributed by atoms with Gasteiger partial charge < -0.3 is 20.3 Å². The summed E-state index contributed by atoms with van der Waals surface area (Å²) in [5, 5.41) is 5.76. The number of nitrogens with one attached hydrogen (secondary N) is 2. The van der Waals surface area contributed by atoms with E-state index in [9.17, 15) is 14.4 Å². The molecule has 1 heterocycles. The van der Waals surface area contributed by atoms with Gasteiger partial charge in [0.2, 0.25) is 11.8 Å². The lowest BCUT2D eigenvalue weighted by Crippen LogP contribution is -2.47. The van der Waals surface area contributed by atoms with Crippen molar-refractivity contribution in [2.24, 2.45) is 0 Å². The highest BCUT2D eigenvalue weighted by molar-refractivity contribution is 7.98. The lowest BCUT2D eigenvalue weighted by Gasteiger charge is -2.19. The molecule has 1 atom stereocenters. The number of hydrogen-bond acceptors (Lipinski definition) is 5. The van der Waals surface area contributed by atoms with E-state index in [2.05, 4.69) is 10.6 Å². The van der Waals surface area contributed by atoms with Crippen molar-refractivity contribution in [3.05, 3.63) is 59.7 Å². The summed E-state index contributed by atoms with van der Waals surface area (Å²) in [5.74, 6) is 0.770. The predicted octanol–water partition coefficient (Wildman–Crippen LogP) is 2.99. The fraction of sp³-hybridized carbons (Fsp3) is 0.375. The molecule has 2 aromatic rings. The molecule has 170 valence electrons. The van der Waals surface area contributed by atoms with Crippen LogP contribution < -0.4 is 20.3 Å². The van der Waals surface area contributed by atoms with Crippen LogP contribution in [-0.4, -0.2) is 49.4 Å². The Hall–Kier alpha value is -3.00. The van der Waals surface area contributed by atoms with Crippen LogP contribution in [0.5, 0.6) is 5.75 Å². The van der Waals surface area contributed by atoms with Crippen LogP contribution >= 0.6 is 11.8 Å². The number of thioether (sulfide) groups is 1. The third-order valence-electron chi connectivity index (χ3n) is 5.37. The Morgan fingerprint density at radius 1 is 1.16 bits per heavy atom. The zero-order chi connectivity index (χ0) is 22.9. The Bertz CT molecular complexity index is 949. The van der Waals surface area contributed by atoms with Crippen molar-refractivity contribution in [2.45, 2.75) is 31.8 Å². The van der Waals surface area contributed by atoms with Crippen molar-refractivity contribution in [1.29, 1.82) is 0 Å². The van der Waals surface area contributed by atoms with Crippen molar-refractivity contribution < 1.29 is 19.1 Å². The highest BCUT2D eigenvalue weighted by Crippen LogP contribution is 2.21. The maximum atomic E-state index is 12.8. The van der Waals surface area contributed by atoms with Crippen molar-refractivity contribution in [1.82, 2.24) is 10.6 Å². The highest BCUT2D eigenvalue weighted by atomic mass is 32.2. The molecule has 0 saturated carbocycles. The number of hydrogen-bond donors (Lipinski definition) is 2. The van der Waals surface area contributed by atoms with E-state index >= 15 is 0 Å². The summed E-state index contributed by atoms with van der Waals surface area (Å²) >= 11 is 1.62. The van der Waals surface area contributed by atoms with Gasteiger partial charge in [-0.1, -0.05) is 24.3 Å². The predicted molar refractivity (Wildman–Crippen MR) is 127 cm³/mol. The lowest BCUT2D eigenvalue weighted by atomic mass is 10.1. The first-order chi connectivity index (χ1) is 15.5. The Balaban J connectivity index is 1.60. The third-order valence-corrected chi connectivity index (χ3v) is 6.02. The van der Waals surface area contributed by atoms with Crippen molar-refractivity contribution in [2.75, 3.05) is 30.6 Å². The molecule has 1 aliphatic rings. The van der Waals surface area contributed by atoms with Crippen molar-refractivity contribution in [3.8, 4) is 5.75 Å². The summed E-state index contributed by atoms with van der Waals surface area (Å²) in [5.41, 5.74) is 2.20. The van der Waals surface area contributed by atoms with E-state index in [0.29, 0.717) is 30.7 Å². The summed E-state index contributed by atoms with van der Waals surface area (Å²) in [4.78, 5) is 39.3. The van der Waals surface area contributed by atoms with Crippen LogP contribution in [0.2, 0.25) is 0 Å². The Kier molecular flexibility index (Phi) is 8.56. The van der Waals surface area contributed by atoms with Gasteiger partial charge in [-0.25, -0.2) is 0 Å². The number of para-hydroxylation sites is 1. The van der Waals surface area contributed by atoms with Gasteiger partial charge in [-0.3, -0.25) is 14.4 Å². The van der Waals surface area contributed by atoms with Crippen LogP contribution in [-0.2, 0) is 16.1 Å². The normalized spacial score (nSPS) is 14.2. The second-order valence-corrected chi connectivity index (χ2v) is 8.53. The maximum absolute atomic E-state index is 12.8. The number of amides is 3. The molecule has 1 fully saturated rings. The fourth-order valence-corrected chi connectivity index (χ4v) is 4.07. The number of carbonyl (C=O) groups is 3. The minimum atomic E-state index is -0.652. The number of anilines is 1. The van der Waals surface area contributed by atoms with Crippen LogP contribution in [0.15, 0.2) is 48.5 Å². The van der Waals surface area contributed by atoms with E-state index in [0.717, 1.165) is 30.0 Å². The fourth-order valence-electron chi connectivity index (χ4n) is 3.60. The first kappa shape index (κ1) is 23.7. The smallest absolute Gasteiger partial charge is 0.255 e. The van der Waals surface area contributed by atoms with Gasteiger partial charge in [-0.2, -0.15) is 11.8 Å². The molecule has 3 rings (SSSR count). The summed E-state index contributed by atoms with van der Waals surface area (Å²) in [7, 11) is 1.51. The van der Waals surface area contributed by atoms with E-state index < -0.39 is 6.04 Å². The number of benzene rings is 2. The molecule has 1 aliphatic heterocycles. The van der Waals surface area contributed by atoms with Gasteiger partial charge in [0.1, 0.15) is 11.8 Å². The van der Waals surface area contributed by atoms with Gasteiger partial charge in [-0.05, 0) is 54.7 Å². The Labute approximate surface area is 192 Å². The van der Waals surface area contributed by atoms with Crippen LogP contribution in [0.25, 0.3) is 0 Å². The molecule has 2 aromatic carbocycles. The molecule has 0 aliphatic carbocycles. The first-order valence-electron chi connectivity index (χ1n) is 10.6. The van der Waals surface area contributed by atoms with Gasteiger partial charge in [0, 0.05) is 25.2 Å². The zero-order valence-corrected chi connectivity index (χ0v) is 19.2. The second kappa shape index (κ2) is 11.6. The van der Waals surface area contributed by atoms with Crippen LogP contribution in [0, 0.1) is 0 Å². The minimum Gasteiger partial charge on any atom is -0.496 e. The van der Waals surface area contributed by atoms with Gasteiger partial charge >= 0.3 is 0 Å². The van der Waals surface area contributed by atoms with Crippen LogP contribution in [0.4, 0.5) is 5.69 Å². The molecule has 0 unspecified atom stereocenters. The van der Waals surface area contributed by atoms with Crippen molar-refractivity contribution in [3.63, 3.8) is 0 Å². The van der Waals surface area contributed by atoms with Gasteiger partial charge in [-0.15, -0.1) is 0 Å². The minimum absolute atomic E-state index is 0.147. The standard InChI is InChI=1S/C24H29N3O4S/c1-31-21-7-4-3-6-19(21)23(29)26-20(13-15-32-2)24(30)25-16-17-9-11-18(12-10-17)27-14-5-8-22(27)28/h3-4,6-7,9-12,20H,5,8,13-16H2,1-2H3,(H,25,30)(H,26,29)/t20-/m0/s1. The summed E-state index contributed by atoms with van der Waals surface area (Å²) in [6.45, 7) is 1.09. The van der Waals surface area contributed by atoms with E-state index in [1.54, 1.807) is 40.9 Å². The van der Waals surface area contributed by atoms with E-state index in [4.69, 9.17) is 4.74 Å². The molecule has 7 nitrogen and oxygen atoms in total. The molecule has 0 bridgehead atoms. The number of methoxy groups -OCH3 is 1. The largest absolute Gasteiger partial charge is 0.496 e. The molecule has 0 spiro atoms. The third kappa shape index (κ3) is 6.03. The Morgan fingerprint density at radius 2 is 1.91 bits per heavy atom. The van der Waals surface area contributed by atoms with E-state index in [1.807, 2.05) is 30.5 Å². The number of rotatable bonds is 10. The number of nitrogens with zero attached hydrogens (tertiary/aromatic N) is 1. The Morgan fingerprint density at radius 3 is 2.56 bits per heavy atom. The SMILES string of the molecule is COc1ccccc1C(=O)N[C@@H](CCSC)C(=O)NCc1ccc(N2CCCC2=O)cc1. The molecule has 0 radical (unpaired) electrons. The monoisotopic (exact) mass is 455 g/mol. The summed E-state index contributed by atoms with van der Waals surface area (Å²) in [6, 6.07) is 13.9. The van der Waals surface area contributed by atoms with Gasteiger partial charge in [0.25, 0.3) is 5.91 Å². The molecule has 1 saturated heterocycles. The van der Waals surface area contributed by atoms with Gasteiger partial charge in [0.05, 0.1) is 12.7 Å². The average Bonchev–Trinajstić information content (AvgIpc) is 3.26. The lowest BCUT2D eigenvalue weighted by molar-refractivity contribution is -0.123. The summed E-state index contributed by atoms with van der Waals surface area (Å²) < 4.78 is 5.26. The molecule has 3 amide bonds. The quantitative estimate of drug-likeness (QED) is 0.575. The van der Waals surface area contributed by atoms with E-state index in [-0.39, 0.29) is 17.7 Å². The first-order valence-corrected chi connectivity index (χ1v) is 12.0. The number of ether oxygens (including phenoxy) is 1. The molecule has 0 aromatic heterocycles. The summed E-state index contributed by atoms with van der Waals surface area (Å²) in [6.07, 6.45) is 3.96. The topological polar surface area (TPSA) is 87.7 Å².